The Kier molecular flexibility index (Phi) is 7.06. The molecular formula is C14H21ClFNO. The number of nitrogens with one attached hydrogen (secondary N) is 1. The second-order valence-electron chi connectivity index (χ2n) is 4.71. The summed E-state index contributed by atoms with van der Waals surface area (Å²) in [6.07, 6.45) is 2.41. The normalized spacial score (nSPS) is 10.9. The van der Waals surface area contributed by atoms with Crippen LogP contribution >= 0.6 is 11.6 Å². The van der Waals surface area contributed by atoms with Gasteiger partial charge in [-0.15, -0.1) is 0 Å². The van der Waals surface area contributed by atoms with E-state index in [-0.39, 0.29) is 5.82 Å². The Hall–Kier alpha value is -0.800. The average Bonchev–Trinajstić information content (AvgIpc) is 2.30. The highest BCUT2D eigenvalue weighted by Crippen LogP contribution is 2.24. The van der Waals surface area contributed by atoms with Gasteiger partial charge in [0.2, 0.25) is 0 Å². The molecule has 1 aromatic carbocycles. The van der Waals surface area contributed by atoms with E-state index in [2.05, 4.69) is 19.2 Å². The van der Waals surface area contributed by atoms with E-state index in [1.165, 1.54) is 25.0 Å². The second-order valence-corrected chi connectivity index (χ2v) is 5.12. The van der Waals surface area contributed by atoms with Gasteiger partial charge in [0.05, 0.1) is 5.02 Å². The first-order valence-electron chi connectivity index (χ1n) is 6.38. The smallest absolute Gasteiger partial charge is 0.138 e. The Labute approximate surface area is 113 Å². The van der Waals surface area contributed by atoms with E-state index in [0.717, 1.165) is 19.0 Å². The van der Waals surface area contributed by atoms with E-state index < -0.39 is 0 Å². The van der Waals surface area contributed by atoms with E-state index >= 15 is 0 Å². The number of rotatable bonds is 8. The number of ether oxygens (including phenoxy) is 1. The van der Waals surface area contributed by atoms with Crippen molar-refractivity contribution in [3.8, 4) is 5.75 Å². The lowest BCUT2D eigenvalue weighted by Crippen LogP contribution is -2.22. The molecule has 18 heavy (non-hydrogen) atoms. The van der Waals surface area contributed by atoms with Gasteiger partial charge in [0.1, 0.15) is 18.2 Å². The van der Waals surface area contributed by atoms with Gasteiger partial charge >= 0.3 is 0 Å². The summed E-state index contributed by atoms with van der Waals surface area (Å²) in [6, 6.07) is 4.15. The quantitative estimate of drug-likeness (QED) is 0.726. The Morgan fingerprint density at radius 1 is 1.33 bits per heavy atom. The molecule has 0 atom stereocenters. The molecule has 4 heteroatoms. The van der Waals surface area contributed by atoms with Crippen LogP contribution in [0.2, 0.25) is 5.02 Å². The highest BCUT2D eigenvalue weighted by molar-refractivity contribution is 6.32. The minimum absolute atomic E-state index is 0.315. The maximum atomic E-state index is 12.8. The van der Waals surface area contributed by atoms with Crippen molar-refractivity contribution in [2.24, 2.45) is 5.92 Å². The molecule has 0 heterocycles. The van der Waals surface area contributed by atoms with E-state index in [1.54, 1.807) is 6.07 Å². The molecule has 1 N–H and O–H groups in total. The highest BCUT2D eigenvalue weighted by Gasteiger charge is 2.02. The first kappa shape index (κ1) is 15.3. The van der Waals surface area contributed by atoms with Gasteiger partial charge in [-0.3, -0.25) is 0 Å². The summed E-state index contributed by atoms with van der Waals surface area (Å²) < 4.78 is 18.2. The standard InChI is InChI=1S/C14H21ClFNO/c1-11(2)4-3-7-17-8-9-18-14-6-5-12(16)10-13(14)15/h5-6,10-11,17H,3-4,7-9H2,1-2H3. The van der Waals surface area contributed by atoms with Gasteiger partial charge in [0.25, 0.3) is 0 Å². The first-order chi connectivity index (χ1) is 8.59. The molecule has 102 valence electrons. The van der Waals surface area contributed by atoms with Gasteiger partial charge in [-0.25, -0.2) is 4.39 Å². The van der Waals surface area contributed by atoms with Crippen LogP contribution in [0, 0.1) is 11.7 Å². The topological polar surface area (TPSA) is 21.3 Å². The molecule has 0 amide bonds. The predicted octanol–water partition coefficient (Wildman–Crippen LogP) is 3.88. The van der Waals surface area contributed by atoms with E-state index in [9.17, 15) is 4.39 Å². The first-order valence-corrected chi connectivity index (χ1v) is 6.76. The van der Waals surface area contributed by atoms with Crippen molar-refractivity contribution >= 4 is 11.6 Å². The Balaban J connectivity index is 2.11. The van der Waals surface area contributed by atoms with Crippen LogP contribution in [-0.4, -0.2) is 19.7 Å². The molecule has 1 rings (SSSR count). The lowest BCUT2D eigenvalue weighted by atomic mass is 10.1. The van der Waals surface area contributed by atoms with Crippen LogP contribution in [0.5, 0.6) is 5.75 Å². The fourth-order valence-corrected chi connectivity index (χ4v) is 1.81. The maximum absolute atomic E-state index is 12.8. The highest BCUT2D eigenvalue weighted by atomic mass is 35.5. The zero-order valence-corrected chi connectivity index (χ0v) is 11.8. The molecule has 1 aromatic rings. The van der Waals surface area contributed by atoms with Crippen molar-refractivity contribution < 1.29 is 9.13 Å². The average molecular weight is 274 g/mol. The van der Waals surface area contributed by atoms with Crippen molar-refractivity contribution in [2.45, 2.75) is 26.7 Å². The van der Waals surface area contributed by atoms with Crippen LogP contribution in [0.3, 0.4) is 0 Å². The zero-order valence-electron chi connectivity index (χ0n) is 11.0. The molecule has 0 radical (unpaired) electrons. The minimum Gasteiger partial charge on any atom is -0.491 e. The van der Waals surface area contributed by atoms with Crippen LogP contribution < -0.4 is 10.1 Å². The minimum atomic E-state index is -0.348. The van der Waals surface area contributed by atoms with Crippen molar-refractivity contribution in [2.75, 3.05) is 19.7 Å². The molecule has 0 saturated heterocycles. The van der Waals surface area contributed by atoms with Gasteiger partial charge in [0, 0.05) is 6.54 Å². The summed E-state index contributed by atoms with van der Waals surface area (Å²) in [6.45, 7) is 6.75. The molecule has 2 nitrogen and oxygen atoms in total. The molecular weight excluding hydrogens is 253 g/mol. The number of benzene rings is 1. The molecule has 0 aliphatic rings. The predicted molar refractivity (Wildman–Crippen MR) is 73.8 cm³/mol. The number of hydrogen-bond donors (Lipinski definition) is 1. The van der Waals surface area contributed by atoms with Crippen molar-refractivity contribution in [3.05, 3.63) is 29.0 Å². The largest absolute Gasteiger partial charge is 0.491 e. The maximum Gasteiger partial charge on any atom is 0.138 e. The van der Waals surface area contributed by atoms with Crippen LogP contribution in [0.4, 0.5) is 4.39 Å². The molecule has 0 bridgehead atoms. The molecule has 0 unspecified atom stereocenters. The molecule has 0 saturated carbocycles. The van der Waals surface area contributed by atoms with Crippen molar-refractivity contribution in [1.29, 1.82) is 0 Å². The van der Waals surface area contributed by atoms with Gasteiger partial charge in [-0.1, -0.05) is 25.4 Å². The monoisotopic (exact) mass is 273 g/mol. The Morgan fingerprint density at radius 3 is 2.78 bits per heavy atom. The third-order valence-corrected chi connectivity index (χ3v) is 2.86. The van der Waals surface area contributed by atoms with Crippen LogP contribution in [0.1, 0.15) is 26.7 Å². The summed E-state index contributed by atoms with van der Waals surface area (Å²) >= 11 is 5.84. The lowest BCUT2D eigenvalue weighted by molar-refractivity contribution is 0.312. The fraction of sp³-hybridized carbons (Fsp3) is 0.571. The van der Waals surface area contributed by atoms with Gasteiger partial charge in [-0.2, -0.15) is 0 Å². The zero-order chi connectivity index (χ0) is 13.4. The molecule has 0 spiro atoms. The molecule has 0 aliphatic heterocycles. The van der Waals surface area contributed by atoms with E-state index in [4.69, 9.17) is 16.3 Å². The van der Waals surface area contributed by atoms with Crippen LogP contribution in [0.15, 0.2) is 18.2 Å². The Bertz CT molecular complexity index is 358. The van der Waals surface area contributed by atoms with Gasteiger partial charge < -0.3 is 10.1 Å². The molecule has 0 aromatic heterocycles. The summed E-state index contributed by atoms with van der Waals surface area (Å²) in [5.41, 5.74) is 0. The number of hydrogen-bond acceptors (Lipinski definition) is 2. The second kappa shape index (κ2) is 8.33. The van der Waals surface area contributed by atoms with Crippen molar-refractivity contribution in [1.82, 2.24) is 5.32 Å². The number of halogens is 2. The summed E-state index contributed by atoms with van der Waals surface area (Å²) in [4.78, 5) is 0. The SMILES string of the molecule is CC(C)CCCNCCOc1ccc(F)cc1Cl. The van der Waals surface area contributed by atoms with Crippen LogP contribution in [0.25, 0.3) is 0 Å². The third-order valence-electron chi connectivity index (χ3n) is 2.57. The van der Waals surface area contributed by atoms with Crippen LogP contribution in [-0.2, 0) is 0 Å². The van der Waals surface area contributed by atoms with Gasteiger partial charge in [0.15, 0.2) is 0 Å². The fourth-order valence-electron chi connectivity index (χ4n) is 1.59. The molecule has 0 fully saturated rings. The summed E-state index contributed by atoms with van der Waals surface area (Å²) in [7, 11) is 0. The van der Waals surface area contributed by atoms with E-state index in [0.29, 0.717) is 17.4 Å². The third kappa shape index (κ3) is 6.22. The van der Waals surface area contributed by atoms with Gasteiger partial charge in [-0.05, 0) is 43.5 Å². The molecule has 0 aliphatic carbocycles. The van der Waals surface area contributed by atoms with E-state index in [1.807, 2.05) is 0 Å². The summed E-state index contributed by atoms with van der Waals surface area (Å²) in [5.74, 6) is 0.933. The Morgan fingerprint density at radius 2 is 2.11 bits per heavy atom. The summed E-state index contributed by atoms with van der Waals surface area (Å²) in [5, 5.41) is 3.61. The lowest BCUT2D eigenvalue weighted by Gasteiger charge is -2.09. The van der Waals surface area contributed by atoms with Crippen molar-refractivity contribution in [3.63, 3.8) is 0 Å².